The number of hydrogen-bond donors (Lipinski definition) is 0. The minimum Gasteiger partial charge on any atom is -0.259 e. The smallest absolute Gasteiger partial charge is 0.147 e. The van der Waals surface area contributed by atoms with E-state index in [9.17, 15) is 0 Å². The number of rotatable bonds is 3. The average molecular weight is 177 g/mol. The number of hydrogen-bond acceptors (Lipinski definition) is 3. The van der Waals surface area contributed by atoms with Crippen LogP contribution in [0.5, 0.6) is 0 Å². The van der Waals surface area contributed by atoms with Gasteiger partial charge in [-0.05, 0) is 20.3 Å². The van der Waals surface area contributed by atoms with Crippen molar-refractivity contribution in [2.75, 3.05) is 0 Å². The summed E-state index contributed by atoms with van der Waals surface area (Å²) >= 11 is 0. The Balaban J connectivity index is 2.74. The first-order valence-corrected chi connectivity index (χ1v) is 4.64. The van der Waals surface area contributed by atoms with Crippen molar-refractivity contribution in [3.05, 3.63) is 0 Å². The lowest BCUT2D eigenvalue weighted by Crippen LogP contribution is -2.14. The Morgan fingerprint density at radius 3 is 2.62 bits per heavy atom. The maximum Gasteiger partial charge on any atom is 0.147 e. The summed E-state index contributed by atoms with van der Waals surface area (Å²) in [5.41, 5.74) is 1.75. The van der Waals surface area contributed by atoms with Gasteiger partial charge in [-0.15, -0.1) is 0 Å². The van der Waals surface area contributed by atoms with E-state index in [1.807, 2.05) is 13.8 Å². The Kier molecular flexibility index (Phi) is 2.82. The van der Waals surface area contributed by atoms with E-state index in [-0.39, 0.29) is 5.66 Å². The number of nitriles is 1. The van der Waals surface area contributed by atoms with Gasteiger partial charge in [-0.3, -0.25) is 9.98 Å². The molecule has 70 valence electrons. The zero-order chi connectivity index (χ0) is 9.90. The monoisotopic (exact) mass is 177 g/mol. The SMILES string of the molecule is CCC1(C)N=C(C)C(CCC#N)=N1. The second-order valence-corrected chi connectivity index (χ2v) is 3.48. The molecule has 1 atom stereocenters. The van der Waals surface area contributed by atoms with Crippen LogP contribution in [0.1, 0.15) is 40.0 Å². The maximum atomic E-state index is 8.46. The van der Waals surface area contributed by atoms with Crippen molar-refractivity contribution in [2.24, 2.45) is 9.98 Å². The van der Waals surface area contributed by atoms with E-state index in [0.717, 1.165) is 24.3 Å². The van der Waals surface area contributed by atoms with Gasteiger partial charge < -0.3 is 0 Å². The molecule has 1 rings (SSSR count). The van der Waals surface area contributed by atoms with Crippen molar-refractivity contribution in [3.8, 4) is 6.07 Å². The van der Waals surface area contributed by atoms with Gasteiger partial charge >= 0.3 is 0 Å². The first kappa shape index (κ1) is 9.91. The van der Waals surface area contributed by atoms with E-state index in [2.05, 4.69) is 23.0 Å². The predicted octanol–water partition coefficient (Wildman–Crippen LogP) is 2.33. The normalized spacial score (nSPS) is 26.6. The van der Waals surface area contributed by atoms with E-state index in [4.69, 9.17) is 5.26 Å². The van der Waals surface area contributed by atoms with Gasteiger partial charge in [0.05, 0.1) is 17.5 Å². The van der Waals surface area contributed by atoms with Gasteiger partial charge in [-0.2, -0.15) is 5.26 Å². The minimum absolute atomic E-state index is 0.255. The molecule has 3 heteroatoms. The van der Waals surface area contributed by atoms with Gasteiger partial charge in [0.2, 0.25) is 0 Å². The lowest BCUT2D eigenvalue weighted by Gasteiger charge is -2.13. The van der Waals surface area contributed by atoms with Gasteiger partial charge in [-0.1, -0.05) is 6.92 Å². The van der Waals surface area contributed by atoms with Crippen LogP contribution < -0.4 is 0 Å². The second-order valence-electron chi connectivity index (χ2n) is 3.48. The molecule has 0 N–H and O–H groups in total. The van der Waals surface area contributed by atoms with Crippen LogP contribution in [-0.4, -0.2) is 17.1 Å². The zero-order valence-corrected chi connectivity index (χ0v) is 8.46. The van der Waals surface area contributed by atoms with Crippen molar-refractivity contribution in [1.29, 1.82) is 5.26 Å². The van der Waals surface area contributed by atoms with Crippen molar-refractivity contribution >= 4 is 11.4 Å². The summed E-state index contributed by atoms with van der Waals surface area (Å²) in [4.78, 5) is 9.00. The van der Waals surface area contributed by atoms with Crippen LogP contribution in [0.4, 0.5) is 0 Å². The van der Waals surface area contributed by atoms with E-state index in [0.29, 0.717) is 6.42 Å². The van der Waals surface area contributed by atoms with Crippen molar-refractivity contribution in [3.63, 3.8) is 0 Å². The molecular formula is C10H15N3. The number of aliphatic imine (C=N–C) groups is 2. The highest BCUT2D eigenvalue weighted by atomic mass is 15.1. The summed E-state index contributed by atoms with van der Waals surface area (Å²) in [6.07, 6.45) is 2.19. The molecule has 0 spiro atoms. The Hall–Kier alpha value is -1.17. The third-order valence-corrected chi connectivity index (χ3v) is 2.35. The van der Waals surface area contributed by atoms with Crippen molar-refractivity contribution < 1.29 is 0 Å². The van der Waals surface area contributed by atoms with Crippen LogP contribution in [-0.2, 0) is 0 Å². The lowest BCUT2D eigenvalue weighted by atomic mass is 10.1. The summed E-state index contributed by atoms with van der Waals surface area (Å²) in [6.45, 7) is 6.07. The third kappa shape index (κ3) is 2.15. The average Bonchev–Trinajstić information content (AvgIpc) is 2.39. The van der Waals surface area contributed by atoms with Gasteiger partial charge in [0, 0.05) is 12.8 Å². The maximum absolute atomic E-state index is 8.46. The summed E-state index contributed by atoms with van der Waals surface area (Å²) in [7, 11) is 0. The van der Waals surface area contributed by atoms with Gasteiger partial charge in [0.15, 0.2) is 0 Å². The zero-order valence-electron chi connectivity index (χ0n) is 8.46. The molecule has 0 radical (unpaired) electrons. The third-order valence-electron chi connectivity index (χ3n) is 2.35. The molecule has 0 saturated carbocycles. The lowest BCUT2D eigenvalue weighted by molar-refractivity contribution is 0.490. The van der Waals surface area contributed by atoms with E-state index in [1.165, 1.54) is 0 Å². The van der Waals surface area contributed by atoms with Crippen LogP contribution in [0.3, 0.4) is 0 Å². The molecule has 0 aromatic carbocycles. The molecule has 0 fully saturated rings. The quantitative estimate of drug-likeness (QED) is 0.652. The molecule has 0 aromatic rings. The molecule has 0 aromatic heterocycles. The van der Waals surface area contributed by atoms with E-state index >= 15 is 0 Å². The molecule has 1 heterocycles. The Morgan fingerprint density at radius 2 is 2.15 bits per heavy atom. The second kappa shape index (κ2) is 3.69. The molecule has 1 aliphatic heterocycles. The fraction of sp³-hybridized carbons (Fsp3) is 0.700. The summed E-state index contributed by atoms with van der Waals surface area (Å²) in [5, 5.41) is 8.46. The van der Waals surface area contributed by atoms with Gasteiger partial charge in [-0.25, -0.2) is 0 Å². The molecule has 1 aliphatic rings. The molecule has 0 aliphatic carbocycles. The topological polar surface area (TPSA) is 48.5 Å². The fourth-order valence-corrected chi connectivity index (χ4v) is 1.39. The molecular weight excluding hydrogens is 162 g/mol. The first-order chi connectivity index (χ1) is 6.11. The van der Waals surface area contributed by atoms with Crippen LogP contribution in [0.2, 0.25) is 0 Å². The molecule has 1 unspecified atom stereocenters. The summed E-state index contributed by atoms with van der Waals surface area (Å²) < 4.78 is 0. The highest BCUT2D eigenvalue weighted by molar-refractivity contribution is 6.42. The standard InChI is InChI=1S/C10H15N3/c1-4-10(3)12-8(2)9(13-10)6-5-7-11/h4-6H2,1-3H3. The minimum atomic E-state index is -0.255. The molecule has 0 bridgehead atoms. The number of nitrogens with zero attached hydrogens (tertiary/aromatic N) is 3. The molecule has 13 heavy (non-hydrogen) atoms. The molecule has 0 saturated heterocycles. The Morgan fingerprint density at radius 1 is 1.46 bits per heavy atom. The fourth-order valence-electron chi connectivity index (χ4n) is 1.39. The summed E-state index contributed by atoms with van der Waals surface area (Å²) in [5.74, 6) is 0. The van der Waals surface area contributed by atoms with Crippen LogP contribution >= 0.6 is 0 Å². The molecule has 0 amide bonds. The van der Waals surface area contributed by atoms with Gasteiger partial charge in [0.25, 0.3) is 0 Å². The van der Waals surface area contributed by atoms with E-state index < -0.39 is 0 Å². The predicted molar refractivity (Wildman–Crippen MR) is 54.1 cm³/mol. The largest absolute Gasteiger partial charge is 0.259 e. The van der Waals surface area contributed by atoms with Crippen LogP contribution in [0, 0.1) is 11.3 Å². The van der Waals surface area contributed by atoms with Crippen LogP contribution in [0.25, 0.3) is 0 Å². The van der Waals surface area contributed by atoms with Crippen LogP contribution in [0.15, 0.2) is 9.98 Å². The first-order valence-electron chi connectivity index (χ1n) is 4.64. The van der Waals surface area contributed by atoms with Gasteiger partial charge in [0.1, 0.15) is 5.66 Å². The summed E-state index contributed by atoms with van der Waals surface area (Å²) in [6, 6.07) is 2.12. The highest BCUT2D eigenvalue weighted by Crippen LogP contribution is 2.24. The Labute approximate surface area is 79.2 Å². The van der Waals surface area contributed by atoms with Crippen molar-refractivity contribution in [2.45, 2.75) is 45.7 Å². The van der Waals surface area contributed by atoms with E-state index in [1.54, 1.807) is 0 Å². The van der Waals surface area contributed by atoms with Crippen molar-refractivity contribution in [1.82, 2.24) is 0 Å². The molecule has 3 nitrogen and oxygen atoms in total. The highest BCUT2D eigenvalue weighted by Gasteiger charge is 2.26. The Bertz CT molecular complexity index is 296.